The molecule has 0 unspecified atom stereocenters. The van der Waals surface area contributed by atoms with Crippen molar-refractivity contribution in [2.45, 2.75) is 6.92 Å². The summed E-state index contributed by atoms with van der Waals surface area (Å²) in [6, 6.07) is 0. The maximum Gasteiger partial charge on any atom is 0.224 e. The predicted molar refractivity (Wildman–Crippen MR) is 65.9 cm³/mol. The van der Waals surface area contributed by atoms with Gasteiger partial charge in [0.1, 0.15) is 5.82 Å². The van der Waals surface area contributed by atoms with Crippen molar-refractivity contribution >= 4 is 34.3 Å². The lowest BCUT2D eigenvalue weighted by Gasteiger charge is -2.01. The second kappa shape index (κ2) is 3.39. The van der Waals surface area contributed by atoms with Crippen molar-refractivity contribution in [3.63, 3.8) is 0 Å². The number of rotatable bonds is 1. The van der Waals surface area contributed by atoms with Crippen molar-refractivity contribution in [3.05, 3.63) is 16.7 Å². The Labute approximate surface area is 100 Å². The van der Waals surface area contributed by atoms with Gasteiger partial charge in [0.15, 0.2) is 22.8 Å². The first-order chi connectivity index (χ1) is 8.16. The van der Waals surface area contributed by atoms with Crippen molar-refractivity contribution in [2.75, 3.05) is 11.5 Å². The molecule has 0 aromatic carbocycles. The van der Waals surface area contributed by atoms with E-state index in [4.69, 9.17) is 11.5 Å². The second-order valence-corrected chi connectivity index (χ2v) is 4.20. The highest BCUT2D eigenvalue weighted by atomic mass is 32.1. The van der Waals surface area contributed by atoms with Gasteiger partial charge >= 0.3 is 0 Å². The lowest BCUT2D eigenvalue weighted by molar-refractivity contribution is 0.956. The predicted octanol–water partition coefficient (Wildman–Crippen LogP) is 0.745. The van der Waals surface area contributed by atoms with Crippen molar-refractivity contribution in [3.8, 4) is 5.82 Å². The minimum absolute atomic E-state index is 0.131. The molecular formula is C9H9N7S. The number of imidazole rings is 1. The maximum absolute atomic E-state index is 5.77. The summed E-state index contributed by atoms with van der Waals surface area (Å²) in [6.45, 7) is 1.86. The van der Waals surface area contributed by atoms with Gasteiger partial charge in [0.25, 0.3) is 0 Å². The zero-order chi connectivity index (χ0) is 12.0. The number of fused-ring (bicyclic) bond motifs is 1. The van der Waals surface area contributed by atoms with Crippen LogP contribution in [0.25, 0.3) is 17.0 Å². The van der Waals surface area contributed by atoms with Crippen LogP contribution in [-0.4, -0.2) is 24.5 Å². The van der Waals surface area contributed by atoms with Gasteiger partial charge in [-0.3, -0.25) is 4.57 Å². The fourth-order valence-corrected chi connectivity index (χ4v) is 2.21. The summed E-state index contributed by atoms with van der Waals surface area (Å²) in [4.78, 5) is 16.6. The minimum Gasteiger partial charge on any atom is -0.382 e. The normalized spacial score (nSPS) is 11.1. The molecule has 8 heteroatoms. The van der Waals surface area contributed by atoms with Gasteiger partial charge in [-0.25, -0.2) is 9.97 Å². The van der Waals surface area contributed by atoms with Crippen molar-refractivity contribution in [2.24, 2.45) is 0 Å². The number of thiazole rings is 1. The third-order valence-electron chi connectivity index (χ3n) is 2.37. The average Bonchev–Trinajstić information content (AvgIpc) is 2.84. The van der Waals surface area contributed by atoms with Crippen LogP contribution in [0.15, 0.2) is 10.9 Å². The molecule has 0 bridgehead atoms. The van der Waals surface area contributed by atoms with E-state index in [2.05, 4.69) is 19.9 Å². The van der Waals surface area contributed by atoms with Crippen LogP contribution in [0.2, 0.25) is 0 Å². The summed E-state index contributed by atoms with van der Waals surface area (Å²) in [5, 5.41) is 1.91. The zero-order valence-electron chi connectivity index (χ0n) is 8.95. The molecule has 17 heavy (non-hydrogen) atoms. The van der Waals surface area contributed by atoms with Crippen LogP contribution in [0, 0.1) is 6.92 Å². The lowest BCUT2D eigenvalue weighted by atomic mass is 10.5. The number of anilines is 2. The molecular weight excluding hydrogens is 238 g/mol. The SMILES string of the molecule is Cc1nc2c(N)nc(N)nc2n1-c1cscn1. The molecule has 0 aliphatic carbocycles. The molecule has 0 aliphatic heterocycles. The summed E-state index contributed by atoms with van der Waals surface area (Å²) < 4.78 is 1.81. The molecule has 0 fully saturated rings. The molecule has 3 heterocycles. The fourth-order valence-electron chi connectivity index (χ4n) is 1.70. The Balaban J connectivity index is 2.42. The molecule has 0 atom stereocenters. The molecule has 86 valence electrons. The van der Waals surface area contributed by atoms with E-state index in [9.17, 15) is 0 Å². The van der Waals surface area contributed by atoms with Gasteiger partial charge in [0, 0.05) is 5.38 Å². The minimum atomic E-state index is 0.131. The number of aromatic nitrogens is 5. The number of nitrogen functional groups attached to an aromatic ring is 2. The number of nitrogens with two attached hydrogens (primary N) is 2. The Hall–Kier alpha value is -2.22. The zero-order valence-corrected chi connectivity index (χ0v) is 9.77. The van der Waals surface area contributed by atoms with E-state index in [0.717, 1.165) is 11.6 Å². The molecule has 0 saturated heterocycles. The number of hydrogen-bond acceptors (Lipinski definition) is 7. The highest BCUT2D eigenvalue weighted by Gasteiger charge is 2.15. The molecule has 3 aromatic rings. The third-order valence-corrected chi connectivity index (χ3v) is 2.94. The van der Waals surface area contributed by atoms with Crippen molar-refractivity contribution < 1.29 is 0 Å². The first-order valence-electron chi connectivity index (χ1n) is 4.83. The number of hydrogen-bond donors (Lipinski definition) is 2. The molecule has 3 rings (SSSR count). The van der Waals surface area contributed by atoms with Gasteiger partial charge < -0.3 is 11.5 Å². The van der Waals surface area contributed by atoms with Crippen LogP contribution in [0.4, 0.5) is 11.8 Å². The summed E-state index contributed by atoms with van der Waals surface area (Å²) >= 11 is 1.50. The van der Waals surface area contributed by atoms with Crippen LogP contribution in [0.3, 0.4) is 0 Å². The summed E-state index contributed by atoms with van der Waals surface area (Å²) in [5.74, 6) is 1.92. The molecule has 0 spiro atoms. The number of nitrogens with zero attached hydrogens (tertiary/aromatic N) is 5. The first-order valence-corrected chi connectivity index (χ1v) is 5.77. The summed E-state index contributed by atoms with van der Waals surface area (Å²) in [6.07, 6.45) is 0. The van der Waals surface area contributed by atoms with E-state index < -0.39 is 0 Å². The second-order valence-electron chi connectivity index (χ2n) is 3.48. The topological polar surface area (TPSA) is 109 Å². The highest BCUT2D eigenvalue weighted by Crippen LogP contribution is 2.23. The molecule has 7 nitrogen and oxygen atoms in total. The van der Waals surface area contributed by atoms with E-state index >= 15 is 0 Å². The van der Waals surface area contributed by atoms with Gasteiger partial charge in [-0.15, -0.1) is 11.3 Å². The van der Waals surface area contributed by atoms with Crippen molar-refractivity contribution in [1.82, 2.24) is 24.5 Å². The largest absolute Gasteiger partial charge is 0.382 e. The quantitative estimate of drug-likeness (QED) is 0.656. The van der Waals surface area contributed by atoms with Gasteiger partial charge in [-0.05, 0) is 6.92 Å². The van der Waals surface area contributed by atoms with Gasteiger partial charge in [-0.2, -0.15) is 9.97 Å². The van der Waals surface area contributed by atoms with E-state index in [-0.39, 0.29) is 11.8 Å². The average molecular weight is 247 g/mol. The summed E-state index contributed by atoms with van der Waals surface area (Å²) in [7, 11) is 0. The Kier molecular flexibility index (Phi) is 1.99. The Morgan fingerprint density at radius 2 is 2.06 bits per heavy atom. The monoisotopic (exact) mass is 247 g/mol. The van der Waals surface area contributed by atoms with Crippen LogP contribution < -0.4 is 11.5 Å². The van der Waals surface area contributed by atoms with E-state index in [1.54, 1.807) is 10.1 Å². The fraction of sp³-hybridized carbons (Fsp3) is 0.111. The molecule has 0 aliphatic rings. The number of aryl methyl sites for hydroxylation is 1. The molecule has 0 radical (unpaired) electrons. The molecule has 0 saturated carbocycles. The molecule has 0 amide bonds. The first kappa shape index (κ1) is 9.97. The van der Waals surface area contributed by atoms with Gasteiger partial charge in [0.2, 0.25) is 5.95 Å². The highest BCUT2D eigenvalue weighted by molar-refractivity contribution is 7.07. The molecule has 4 N–H and O–H groups in total. The van der Waals surface area contributed by atoms with E-state index in [1.807, 2.05) is 12.3 Å². The van der Waals surface area contributed by atoms with Crippen LogP contribution in [-0.2, 0) is 0 Å². The van der Waals surface area contributed by atoms with Crippen LogP contribution >= 0.6 is 11.3 Å². The van der Waals surface area contributed by atoms with Crippen LogP contribution in [0.1, 0.15) is 5.82 Å². The van der Waals surface area contributed by atoms with E-state index in [0.29, 0.717) is 11.2 Å². The smallest absolute Gasteiger partial charge is 0.224 e. The molecule has 3 aromatic heterocycles. The Bertz CT molecular complexity index is 685. The van der Waals surface area contributed by atoms with Crippen LogP contribution in [0.5, 0.6) is 0 Å². The van der Waals surface area contributed by atoms with Gasteiger partial charge in [0.05, 0.1) is 5.51 Å². The van der Waals surface area contributed by atoms with E-state index in [1.165, 1.54) is 11.3 Å². The summed E-state index contributed by atoms with van der Waals surface area (Å²) in [5.41, 5.74) is 14.2. The maximum atomic E-state index is 5.77. The lowest BCUT2D eigenvalue weighted by Crippen LogP contribution is -2.03. The van der Waals surface area contributed by atoms with Gasteiger partial charge in [-0.1, -0.05) is 0 Å². The Morgan fingerprint density at radius 1 is 1.24 bits per heavy atom. The third kappa shape index (κ3) is 1.41. The van der Waals surface area contributed by atoms with Crippen molar-refractivity contribution in [1.29, 1.82) is 0 Å². The Morgan fingerprint density at radius 3 is 2.76 bits per heavy atom. The standard InChI is InChI=1S/C9H9N7S/c1-4-13-6-7(10)14-9(11)15-8(6)16(4)5-2-17-3-12-5/h2-3H,1H3,(H4,10,11,14,15).